The zero-order chi connectivity index (χ0) is 12.4. The van der Waals surface area contributed by atoms with Crippen LogP contribution in [0, 0.1) is 5.82 Å². The van der Waals surface area contributed by atoms with E-state index in [9.17, 15) is 4.39 Å². The zero-order valence-corrected chi connectivity index (χ0v) is 12.2. The lowest BCUT2D eigenvalue weighted by molar-refractivity contribution is 0.617. The highest BCUT2D eigenvalue weighted by Gasteiger charge is 2.19. The van der Waals surface area contributed by atoms with E-state index >= 15 is 0 Å². The van der Waals surface area contributed by atoms with Crippen LogP contribution >= 0.6 is 38.9 Å². The molecule has 1 unspecified atom stereocenters. The molecule has 1 nitrogen and oxygen atoms in total. The van der Waals surface area contributed by atoms with E-state index in [1.54, 1.807) is 17.4 Å². The number of nitrogens with one attached hydrogen (secondary N) is 1. The van der Waals surface area contributed by atoms with E-state index in [0.29, 0.717) is 0 Å². The van der Waals surface area contributed by atoms with Crippen LogP contribution in [0.4, 0.5) is 4.39 Å². The third-order valence-corrected chi connectivity index (χ3v) is 4.68. The summed E-state index contributed by atoms with van der Waals surface area (Å²) in [5, 5.41) is 7.34. The molecule has 2 rings (SSSR count). The zero-order valence-electron chi connectivity index (χ0n) is 9.01. The quantitative estimate of drug-likeness (QED) is 0.864. The van der Waals surface area contributed by atoms with Gasteiger partial charge in [0.05, 0.1) is 11.1 Å². The van der Waals surface area contributed by atoms with Crippen molar-refractivity contribution in [2.75, 3.05) is 7.05 Å². The maximum atomic E-state index is 13.4. The molecule has 0 aliphatic rings. The lowest BCUT2D eigenvalue weighted by atomic mass is 10.0. The van der Waals surface area contributed by atoms with Gasteiger partial charge in [-0.15, -0.1) is 0 Å². The number of hydrogen-bond acceptors (Lipinski definition) is 2. The van der Waals surface area contributed by atoms with Crippen LogP contribution in [0.15, 0.2) is 33.4 Å². The van der Waals surface area contributed by atoms with Crippen LogP contribution in [0.1, 0.15) is 17.2 Å². The first-order chi connectivity index (χ1) is 8.15. The van der Waals surface area contributed by atoms with E-state index in [-0.39, 0.29) is 11.1 Å². The number of thiophene rings is 1. The molecule has 0 fully saturated rings. The van der Waals surface area contributed by atoms with Crippen molar-refractivity contribution in [2.24, 2.45) is 0 Å². The number of halogens is 3. The van der Waals surface area contributed by atoms with Crippen LogP contribution in [0.5, 0.6) is 0 Å². The van der Waals surface area contributed by atoms with Gasteiger partial charge in [0.2, 0.25) is 0 Å². The molecule has 1 atom stereocenters. The molecular formula is C12H10BrClFNS. The van der Waals surface area contributed by atoms with Crippen LogP contribution in [0.25, 0.3) is 0 Å². The van der Waals surface area contributed by atoms with Gasteiger partial charge in [-0.05, 0) is 45.6 Å². The summed E-state index contributed by atoms with van der Waals surface area (Å²) >= 11 is 11.1. The van der Waals surface area contributed by atoms with E-state index in [0.717, 1.165) is 15.6 Å². The van der Waals surface area contributed by atoms with Gasteiger partial charge in [-0.3, -0.25) is 0 Å². The van der Waals surface area contributed by atoms with E-state index < -0.39 is 5.82 Å². The Balaban J connectivity index is 2.50. The molecule has 1 aromatic heterocycles. The van der Waals surface area contributed by atoms with Crippen molar-refractivity contribution in [3.63, 3.8) is 0 Å². The Hall–Kier alpha value is -0.420. The Labute approximate surface area is 117 Å². The summed E-state index contributed by atoms with van der Waals surface area (Å²) in [7, 11) is 1.83. The first kappa shape index (κ1) is 13.0. The fourth-order valence-corrected chi connectivity index (χ4v) is 3.51. The summed E-state index contributed by atoms with van der Waals surface area (Å²) in [5.41, 5.74) is 1.80. The summed E-state index contributed by atoms with van der Waals surface area (Å²) in [6.07, 6.45) is 0. The third-order valence-electron chi connectivity index (χ3n) is 2.53. The lowest BCUT2D eigenvalue weighted by Crippen LogP contribution is -2.18. The maximum Gasteiger partial charge on any atom is 0.142 e. The monoisotopic (exact) mass is 333 g/mol. The van der Waals surface area contributed by atoms with Gasteiger partial charge in [0.1, 0.15) is 5.82 Å². The molecule has 0 amide bonds. The predicted molar refractivity (Wildman–Crippen MR) is 74.3 cm³/mol. The molecule has 1 aromatic carbocycles. The summed E-state index contributed by atoms with van der Waals surface area (Å²) in [6.45, 7) is 0. The van der Waals surface area contributed by atoms with Crippen molar-refractivity contribution in [2.45, 2.75) is 6.04 Å². The summed E-state index contributed by atoms with van der Waals surface area (Å²) in [6, 6.07) is 4.75. The summed E-state index contributed by atoms with van der Waals surface area (Å²) < 4.78 is 14.5. The lowest BCUT2D eigenvalue weighted by Gasteiger charge is -2.18. The molecule has 0 saturated heterocycles. The highest BCUT2D eigenvalue weighted by molar-refractivity contribution is 9.10. The number of benzene rings is 1. The molecule has 2 aromatic rings. The van der Waals surface area contributed by atoms with Gasteiger partial charge in [0, 0.05) is 9.85 Å². The molecule has 90 valence electrons. The number of rotatable bonds is 3. The van der Waals surface area contributed by atoms with E-state index in [1.807, 2.05) is 23.9 Å². The van der Waals surface area contributed by atoms with Crippen molar-refractivity contribution in [1.82, 2.24) is 5.32 Å². The Morgan fingerprint density at radius 1 is 1.35 bits per heavy atom. The fraction of sp³-hybridized carbons (Fsp3) is 0.167. The Morgan fingerprint density at radius 3 is 2.71 bits per heavy atom. The molecule has 0 bridgehead atoms. The van der Waals surface area contributed by atoms with E-state index in [1.165, 1.54) is 6.07 Å². The minimum Gasteiger partial charge on any atom is -0.309 e. The van der Waals surface area contributed by atoms with Crippen molar-refractivity contribution in [3.8, 4) is 0 Å². The second-order valence-corrected chi connectivity index (χ2v) is 5.52. The SMILES string of the molecule is CNC(c1cscc1Br)c1cccc(F)c1Cl. The van der Waals surface area contributed by atoms with Crippen LogP contribution in [0.3, 0.4) is 0 Å². The van der Waals surface area contributed by atoms with Crippen molar-refractivity contribution in [3.05, 3.63) is 55.4 Å². The molecular weight excluding hydrogens is 325 g/mol. The third kappa shape index (κ3) is 2.55. The first-order valence-corrected chi connectivity index (χ1v) is 7.09. The Bertz CT molecular complexity index is 529. The molecule has 1 N–H and O–H groups in total. The van der Waals surface area contributed by atoms with Gasteiger partial charge in [-0.25, -0.2) is 4.39 Å². The first-order valence-electron chi connectivity index (χ1n) is 4.98. The van der Waals surface area contributed by atoms with Crippen molar-refractivity contribution >= 4 is 38.9 Å². The minimum absolute atomic E-state index is 0.112. The second kappa shape index (κ2) is 5.48. The summed E-state index contributed by atoms with van der Waals surface area (Å²) in [5.74, 6) is -0.393. The van der Waals surface area contributed by atoms with Crippen molar-refractivity contribution < 1.29 is 4.39 Å². The van der Waals surface area contributed by atoms with Gasteiger partial charge in [0.25, 0.3) is 0 Å². The molecule has 0 saturated carbocycles. The predicted octanol–water partition coefficient (Wildman–Crippen LogP) is 4.61. The normalized spacial score (nSPS) is 12.7. The Morgan fingerprint density at radius 2 is 2.12 bits per heavy atom. The van der Waals surface area contributed by atoms with Gasteiger partial charge in [0.15, 0.2) is 0 Å². The topological polar surface area (TPSA) is 12.0 Å². The van der Waals surface area contributed by atoms with E-state index in [2.05, 4.69) is 21.2 Å². The molecule has 0 aliphatic carbocycles. The smallest absolute Gasteiger partial charge is 0.142 e. The van der Waals surface area contributed by atoms with Crippen LogP contribution in [-0.4, -0.2) is 7.05 Å². The fourth-order valence-electron chi connectivity index (χ4n) is 1.72. The molecule has 0 aliphatic heterocycles. The van der Waals surface area contributed by atoms with Crippen molar-refractivity contribution in [1.29, 1.82) is 0 Å². The molecule has 5 heteroatoms. The average molecular weight is 335 g/mol. The van der Waals surface area contributed by atoms with Gasteiger partial charge in [-0.1, -0.05) is 23.7 Å². The minimum atomic E-state index is -0.393. The van der Waals surface area contributed by atoms with Gasteiger partial charge >= 0.3 is 0 Å². The number of hydrogen-bond donors (Lipinski definition) is 1. The van der Waals surface area contributed by atoms with Crippen LogP contribution in [-0.2, 0) is 0 Å². The van der Waals surface area contributed by atoms with Gasteiger partial charge < -0.3 is 5.32 Å². The Kier molecular flexibility index (Phi) is 4.20. The average Bonchev–Trinajstić information content (AvgIpc) is 2.72. The molecule has 0 spiro atoms. The highest BCUT2D eigenvalue weighted by atomic mass is 79.9. The van der Waals surface area contributed by atoms with E-state index in [4.69, 9.17) is 11.6 Å². The maximum absolute atomic E-state index is 13.4. The highest BCUT2D eigenvalue weighted by Crippen LogP contribution is 2.35. The molecule has 17 heavy (non-hydrogen) atoms. The summed E-state index contributed by atoms with van der Waals surface area (Å²) in [4.78, 5) is 0. The molecule has 0 radical (unpaired) electrons. The second-order valence-electron chi connectivity index (χ2n) is 3.54. The van der Waals surface area contributed by atoms with Crippen LogP contribution in [0.2, 0.25) is 5.02 Å². The largest absolute Gasteiger partial charge is 0.309 e. The van der Waals surface area contributed by atoms with Crippen LogP contribution < -0.4 is 5.32 Å². The standard InChI is InChI=1S/C12H10BrClFNS/c1-16-12(8-5-17-6-9(8)13)7-3-2-4-10(15)11(7)14/h2-6,12,16H,1H3. The van der Waals surface area contributed by atoms with Gasteiger partial charge in [-0.2, -0.15) is 11.3 Å². The molecule has 1 heterocycles.